The zero-order valence-electron chi connectivity index (χ0n) is 12.3. The Morgan fingerprint density at radius 1 is 1.26 bits per heavy atom. The van der Waals surface area contributed by atoms with E-state index in [1.54, 1.807) is 0 Å². The topological polar surface area (TPSA) is 64.4 Å². The molecular weight excluding hydrogens is 240 g/mol. The summed E-state index contributed by atoms with van der Waals surface area (Å²) in [6, 6.07) is 0. The Morgan fingerprint density at radius 2 is 1.89 bits per heavy atom. The lowest BCUT2D eigenvalue weighted by molar-refractivity contribution is -0.130. The van der Waals surface area contributed by atoms with Crippen molar-refractivity contribution in [3.63, 3.8) is 0 Å². The molecule has 2 aliphatic rings. The summed E-state index contributed by atoms with van der Waals surface area (Å²) >= 11 is 0. The second kappa shape index (κ2) is 5.80. The summed E-state index contributed by atoms with van der Waals surface area (Å²) in [5.74, 6) is 0.706. The molecule has 19 heavy (non-hydrogen) atoms. The van der Waals surface area contributed by atoms with Crippen molar-refractivity contribution in [2.45, 2.75) is 57.9 Å². The summed E-state index contributed by atoms with van der Waals surface area (Å²) in [6.07, 6.45) is 6.25. The Hall–Kier alpha value is -0.610. The zero-order chi connectivity index (χ0) is 13.9. The fraction of sp³-hybridized carbons (Fsp3) is 0.933. The van der Waals surface area contributed by atoms with Gasteiger partial charge < -0.3 is 15.8 Å². The molecule has 1 aliphatic heterocycles. The van der Waals surface area contributed by atoms with Gasteiger partial charge in [-0.25, -0.2) is 0 Å². The fourth-order valence-corrected chi connectivity index (χ4v) is 3.40. The summed E-state index contributed by atoms with van der Waals surface area (Å²) in [5.41, 5.74) is 5.83. The molecule has 0 spiro atoms. The number of nitrogens with two attached hydrogens (primary N) is 1. The van der Waals surface area contributed by atoms with Crippen LogP contribution in [-0.4, -0.2) is 31.2 Å². The maximum Gasteiger partial charge on any atom is 0.240 e. The van der Waals surface area contributed by atoms with E-state index >= 15 is 0 Å². The molecule has 3 N–H and O–H groups in total. The van der Waals surface area contributed by atoms with Crippen LogP contribution in [0.3, 0.4) is 0 Å². The molecule has 110 valence electrons. The van der Waals surface area contributed by atoms with Gasteiger partial charge in [0.2, 0.25) is 5.91 Å². The molecule has 1 aliphatic carbocycles. The van der Waals surface area contributed by atoms with Crippen LogP contribution in [-0.2, 0) is 9.53 Å². The largest absolute Gasteiger partial charge is 0.381 e. The first-order valence-corrected chi connectivity index (χ1v) is 7.61. The van der Waals surface area contributed by atoms with Crippen molar-refractivity contribution in [2.24, 2.45) is 17.1 Å². The predicted octanol–water partition coefficient (Wildman–Crippen LogP) is 1.83. The van der Waals surface area contributed by atoms with E-state index in [0.717, 1.165) is 6.54 Å². The van der Waals surface area contributed by atoms with Crippen molar-refractivity contribution < 1.29 is 9.53 Å². The average molecular weight is 268 g/mol. The van der Waals surface area contributed by atoms with Gasteiger partial charge in [0.25, 0.3) is 0 Å². The molecule has 0 aromatic heterocycles. The minimum absolute atomic E-state index is 0.0193. The molecule has 1 saturated carbocycles. The Kier molecular flexibility index (Phi) is 4.51. The van der Waals surface area contributed by atoms with Gasteiger partial charge >= 0.3 is 0 Å². The van der Waals surface area contributed by atoms with Gasteiger partial charge in [-0.15, -0.1) is 0 Å². The molecule has 1 heterocycles. The molecule has 0 radical (unpaired) electrons. The highest BCUT2D eigenvalue weighted by molar-refractivity contribution is 5.86. The standard InChI is InChI=1S/C15H28N2O2/c1-12(2)10-14(4-3-5-14)11-17-13(18)15(16)6-8-19-9-7-15/h12H,3-11,16H2,1-2H3,(H,17,18). The van der Waals surface area contributed by atoms with Gasteiger partial charge in [-0.05, 0) is 43.4 Å². The minimum Gasteiger partial charge on any atom is -0.381 e. The number of hydrogen-bond donors (Lipinski definition) is 2. The van der Waals surface area contributed by atoms with E-state index in [-0.39, 0.29) is 5.91 Å². The Balaban J connectivity index is 1.85. The van der Waals surface area contributed by atoms with Crippen LogP contribution >= 0.6 is 0 Å². The molecule has 4 nitrogen and oxygen atoms in total. The van der Waals surface area contributed by atoms with E-state index in [1.165, 1.54) is 25.7 Å². The van der Waals surface area contributed by atoms with Crippen LogP contribution in [0, 0.1) is 11.3 Å². The lowest BCUT2D eigenvalue weighted by Gasteiger charge is -2.44. The van der Waals surface area contributed by atoms with Crippen LogP contribution in [0.1, 0.15) is 52.4 Å². The van der Waals surface area contributed by atoms with Crippen molar-refractivity contribution in [3.8, 4) is 0 Å². The Labute approximate surface area is 116 Å². The van der Waals surface area contributed by atoms with Crippen molar-refractivity contribution in [1.29, 1.82) is 0 Å². The van der Waals surface area contributed by atoms with Crippen LogP contribution in [0.2, 0.25) is 0 Å². The number of carbonyl (C=O) groups is 1. The molecule has 0 unspecified atom stereocenters. The van der Waals surface area contributed by atoms with Crippen molar-refractivity contribution in [3.05, 3.63) is 0 Å². The quantitative estimate of drug-likeness (QED) is 0.799. The highest BCUT2D eigenvalue weighted by Gasteiger charge is 2.40. The molecule has 2 rings (SSSR count). The van der Waals surface area contributed by atoms with Gasteiger partial charge in [0.1, 0.15) is 0 Å². The smallest absolute Gasteiger partial charge is 0.240 e. The van der Waals surface area contributed by atoms with E-state index in [2.05, 4.69) is 19.2 Å². The number of hydrogen-bond acceptors (Lipinski definition) is 3. The minimum atomic E-state index is -0.707. The van der Waals surface area contributed by atoms with Crippen molar-refractivity contribution in [2.75, 3.05) is 19.8 Å². The molecular formula is C15H28N2O2. The first-order chi connectivity index (χ1) is 8.96. The van der Waals surface area contributed by atoms with E-state index in [4.69, 9.17) is 10.5 Å². The Morgan fingerprint density at radius 3 is 2.37 bits per heavy atom. The van der Waals surface area contributed by atoms with E-state index < -0.39 is 5.54 Å². The first-order valence-electron chi connectivity index (χ1n) is 7.61. The molecule has 0 atom stereocenters. The van der Waals surface area contributed by atoms with Crippen LogP contribution in [0.5, 0.6) is 0 Å². The Bertz CT molecular complexity index is 318. The monoisotopic (exact) mass is 268 g/mol. The summed E-state index contributed by atoms with van der Waals surface area (Å²) in [4.78, 5) is 12.3. The lowest BCUT2D eigenvalue weighted by atomic mass is 9.64. The van der Waals surface area contributed by atoms with Gasteiger partial charge in [0, 0.05) is 19.8 Å². The van der Waals surface area contributed by atoms with Gasteiger partial charge in [-0.3, -0.25) is 4.79 Å². The summed E-state index contributed by atoms with van der Waals surface area (Å²) in [7, 11) is 0. The van der Waals surface area contributed by atoms with Gasteiger partial charge in [0.05, 0.1) is 5.54 Å². The van der Waals surface area contributed by atoms with Crippen molar-refractivity contribution in [1.82, 2.24) is 5.32 Å². The van der Waals surface area contributed by atoms with E-state index in [1.807, 2.05) is 0 Å². The third-order valence-electron chi connectivity index (χ3n) is 4.72. The maximum absolute atomic E-state index is 12.3. The highest BCUT2D eigenvalue weighted by atomic mass is 16.5. The first kappa shape index (κ1) is 14.8. The number of carbonyl (C=O) groups excluding carboxylic acids is 1. The van der Waals surface area contributed by atoms with Crippen molar-refractivity contribution >= 4 is 5.91 Å². The molecule has 0 bridgehead atoms. The van der Waals surface area contributed by atoms with E-state index in [9.17, 15) is 4.79 Å². The van der Waals surface area contributed by atoms with Gasteiger partial charge in [-0.2, -0.15) is 0 Å². The SMILES string of the molecule is CC(C)CC1(CNC(=O)C2(N)CCOCC2)CCC1. The summed E-state index contributed by atoms with van der Waals surface area (Å²) < 4.78 is 5.29. The fourth-order valence-electron chi connectivity index (χ4n) is 3.40. The molecule has 1 saturated heterocycles. The average Bonchev–Trinajstić information content (AvgIpc) is 2.32. The third-order valence-corrected chi connectivity index (χ3v) is 4.72. The van der Waals surface area contributed by atoms with Crippen LogP contribution in [0.25, 0.3) is 0 Å². The molecule has 0 aromatic rings. The number of nitrogens with one attached hydrogen (secondary N) is 1. The summed E-state index contributed by atoms with van der Waals surface area (Å²) in [6.45, 7) is 6.50. The lowest BCUT2D eigenvalue weighted by Crippen LogP contribution is -2.58. The number of amides is 1. The molecule has 2 fully saturated rings. The van der Waals surface area contributed by atoms with Gasteiger partial charge in [0.15, 0.2) is 0 Å². The second-order valence-corrected chi connectivity index (χ2v) is 6.90. The molecule has 1 amide bonds. The number of rotatable bonds is 5. The highest BCUT2D eigenvalue weighted by Crippen LogP contribution is 2.45. The predicted molar refractivity (Wildman–Crippen MR) is 75.7 cm³/mol. The van der Waals surface area contributed by atoms with Crippen LogP contribution in [0.4, 0.5) is 0 Å². The van der Waals surface area contributed by atoms with E-state index in [0.29, 0.717) is 37.4 Å². The second-order valence-electron chi connectivity index (χ2n) is 6.90. The number of ether oxygens (including phenoxy) is 1. The molecule has 4 heteroatoms. The van der Waals surface area contributed by atoms with Crippen LogP contribution < -0.4 is 11.1 Å². The maximum atomic E-state index is 12.3. The third kappa shape index (κ3) is 3.48. The zero-order valence-corrected chi connectivity index (χ0v) is 12.3. The normalized spacial score (nSPS) is 24.8. The van der Waals surface area contributed by atoms with Gasteiger partial charge in [-0.1, -0.05) is 20.3 Å². The molecule has 0 aromatic carbocycles. The van der Waals surface area contributed by atoms with Crippen LogP contribution in [0.15, 0.2) is 0 Å². The summed E-state index contributed by atoms with van der Waals surface area (Å²) in [5, 5.41) is 3.12.